The molecule has 0 aromatic carbocycles. The Labute approximate surface area is 66.2 Å². The van der Waals surface area contributed by atoms with Crippen LogP contribution in [-0.4, -0.2) is 22.8 Å². The summed E-state index contributed by atoms with van der Waals surface area (Å²) >= 11 is 0. The predicted molar refractivity (Wildman–Crippen MR) is 27.4 cm³/mol. The molecule has 0 atom stereocenters. The van der Waals surface area contributed by atoms with Crippen LogP contribution in [0.3, 0.4) is 0 Å². The molecule has 0 bridgehead atoms. The summed E-state index contributed by atoms with van der Waals surface area (Å²) in [5, 5.41) is 8.50. The maximum Gasteiger partial charge on any atom is 0.170 e. The van der Waals surface area contributed by atoms with Gasteiger partial charge in [-0.25, -0.2) is 0 Å². The van der Waals surface area contributed by atoms with Gasteiger partial charge in [-0.1, -0.05) is 0 Å². The first-order valence-electron chi connectivity index (χ1n) is 2.24. The van der Waals surface area contributed by atoms with Gasteiger partial charge in [0.1, 0.15) is 0 Å². The Bertz CT molecular complexity index is 107. The monoisotopic (exact) mass is 180 g/mol. The van der Waals surface area contributed by atoms with Crippen LogP contribution >= 0.6 is 0 Å². The van der Waals surface area contributed by atoms with Crippen molar-refractivity contribution in [2.75, 3.05) is 0 Å². The second-order valence-electron chi connectivity index (χ2n) is 1.62. The number of carbonyl (C=O) groups excluding carboxylic acids is 2. The summed E-state index contributed by atoms with van der Waals surface area (Å²) in [4.78, 5) is 20.2. The van der Waals surface area contributed by atoms with Crippen LogP contribution in [0.1, 0.15) is 13.8 Å². The molecular weight excluding hydrogens is 173 g/mol. The molecule has 0 amide bonds. The van der Waals surface area contributed by atoms with Gasteiger partial charge in [-0.2, -0.15) is 0 Å². The van der Waals surface area contributed by atoms with Gasteiger partial charge < -0.3 is 5.11 Å². The Kier molecular flexibility index (Phi) is 6.19. The van der Waals surface area contributed by atoms with E-state index < -0.39 is 17.7 Å². The van der Waals surface area contributed by atoms with E-state index in [0.29, 0.717) is 0 Å². The summed E-state index contributed by atoms with van der Waals surface area (Å²) in [7, 11) is 0. The molecule has 0 rings (SSSR count). The van der Waals surface area contributed by atoms with E-state index in [-0.39, 0.29) is 19.5 Å². The van der Waals surface area contributed by atoms with Crippen molar-refractivity contribution in [1.29, 1.82) is 0 Å². The first kappa shape index (κ1) is 11.7. The van der Waals surface area contributed by atoms with E-state index in [4.69, 9.17) is 5.11 Å². The second kappa shape index (κ2) is 4.77. The normalized spacial score (nSPS) is 8.44. The zero-order valence-corrected chi connectivity index (χ0v) is 8.52. The minimum Gasteiger partial charge on any atom is -0.378 e. The van der Waals surface area contributed by atoms with Gasteiger partial charge in [-0.15, -0.1) is 0 Å². The molecule has 0 aromatic rings. The molecule has 0 aliphatic heterocycles. The van der Waals surface area contributed by atoms with Crippen molar-refractivity contribution in [3.8, 4) is 0 Å². The third-order valence-electron chi connectivity index (χ3n) is 0.770. The average Bonchev–Trinajstić information content (AvgIpc) is 1.64. The molecule has 0 aliphatic carbocycles. The fourth-order valence-electron chi connectivity index (χ4n) is 0.286. The van der Waals surface area contributed by atoms with Crippen molar-refractivity contribution in [2.24, 2.45) is 0 Å². The third-order valence-corrected chi connectivity index (χ3v) is 0.770. The molecule has 0 saturated carbocycles. The quantitative estimate of drug-likeness (QED) is 0.463. The fourth-order valence-corrected chi connectivity index (χ4v) is 0.286. The molecule has 4 heteroatoms. The first-order chi connectivity index (χ1) is 3.55. The molecule has 0 heterocycles. The smallest absolute Gasteiger partial charge is 0.170 e. The summed E-state index contributed by atoms with van der Waals surface area (Å²) in [6.07, 6.45) is -1.41. The van der Waals surface area contributed by atoms with Crippen molar-refractivity contribution in [3.05, 3.63) is 0 Å². The van der Waals surface area contributed by atoms with Crippen LogP contribution in [0.4, 0.5) is 0 Å². The Balaban J connectivity index is 0. The molecule has 3 nitrogen and oxygen atoms in total. The van der Waals surface area contributed by atoms with Crippen LogP contribution < -0.4 is 0 Å². The van der Waals surface area contributed by atoms with Gasteiger partial charge in [-0.3, -0.25) is 9.59 Å². The number of hydrogen-bond donors (Lipinski definition) is 1. The van der Waals surface area contributed by atoms with Gasteiger partial charge in [0.2, 0.25) is 0 Å². The molecule has 0 spiro atoms. The van der Waals surface area contributed by atoms with E-state index in [2.05, 4.69) is 0 Å². The van der Waals surface area contributed by atoms with Crippen molar-refractivity contribution in [2.45, 2.75) is 20.0 Å². The number of Topliss-reactive ketones (excluding diaryl/α,β-unsaturated/α-hetero) is 2. The summed E-state index contributed by atoms with van der Waals surface area (Å²) in [6.45, 7) is 2.35. The minimum atomic E-state index is -1.41. The van der Waals surface area contributed by atoms with Crippen molar-refractivity contribution in [3.63, 3.8) is 0 Å². The van der Waals surface area contributed by atoms with E-state index in [0.717, 1.165) is 0 Å². The van der Waals surface area contributed by atoms with E-state index in [1.165, 1.54) is 13.8 Å². The summed E-state index contributed by atoms with van der Waals surface area (Å²) in [5.41, 5.74) is 0. The zero-order valence-electron chi connectivity index (χ0n) is 5.55. The van der Waals surface area contributed by atoms with Crippen molar-refractivity contribution >= 4 is 11.6 Å². The zero-order chi connectivity index (χ0) is 6.73. The molecule has 0 fully saturated rings. The van der Waals surface area contributed by atoms with Gasteiger partial charge in [0, 0.05) is 19.5 Å². The molecule has 0 aliphatic rings. The van der Waals surface area contributed by atoms with Crippen LogP contribution in [0, 0.1) is 0 Å². The van der Waals surface area contributed by atoms with Crippen LogP contribution in [-0.2, 0) is 29.1 Å². The van der Waals surface area contributed by atoms with Gasteiger partial charge in [0.05, 0.1) is 0 Å². The predicted octanol–water partition coefficient (Wildman–Crippen LogP) is -0.477. The van der Waals surface area contributed by atoms with Gasteiger partial charge in [0.25, 0.3) is 0 Å². The van der Waals surface area contributed by atoms with Crippen LogP contribution in [0.2, 0.25) is 0 Å². The molecule has 1 N–H and O–H groups in total. The maximum absolute atomic E-state index is 10.1. The standard InChI is InChI=1S/C5H8O3.Zn/c1-3(6)5(8)4(2)7;/h5,8H,1-2H3;. The number of rotatable bonds is 2. The number of carbonyl (C=O) groups is 2. The Morgan fingerprint density at radius 1 is 1.22 bits per heavy atom. The van der Waals surface area contributed by atoms with E-state index >= 15 is 0 Å². The molecule has 0 saturated heterocycles. The molecule has 0 radical (unpaired) electrons. The van der Waals surface area contributed by atoms with Gasteiger partial charge in [0.15, 0.2) is 17.7 Å². The van der Waals surface area contributed by atoms with Gasteiger partial charge >= 0.3 is 0 Å². The van der Waals surface area contributed by atoms with Crippen molar-refractivity contribution in [1.82, 2.24) is 0 Å². The minimum absolute atomic E-state index is 0. The number of aliphatic hydroxyl groups is 1. The molecule has 9 heavy (non-hydrogen) atoms. The SMILES string of the molecule is CC(=O)C(O)C(C)=O.[Zn]. The van der Waals surface area contributed by atoms with E-state index in [1.54, 1.807) is 0 Å². The molecule has 0 aromatic heterocycles. The molecule has 48 valence electrons. The van der Waals surface area contributed by atoms with Gasteiger partial charge in [-0.05, 0) is 13.8 Å². The number of ketones is 2. The third kappa shape index (κ3) is 4.43. The summed E-state index contributed by atoms with van der Waals surface area (Å²) in [6, 6.07) is 0. The summed E-state index contributed by atoms with van der Waals surface area (Å²) < 4.78 is 0. The Morgan fingerprint density at radius 2 is 1.44 bits per heavy atom. The number of aliphatic hydroxyl groups excluding tert-OH is 1. The topological polar surface area (TPSA) is 54.4 Å². The van der Waals surface area contributed by atoms with E-state index in [9.17, 15) is 9.59 Å². The van der Waals surface area contributed by atoms with Crippen LogP contribution in [0.5, 0.6) is 0 Å². The first-order valence-corrected chi connectivity index (χ1v) is 2.24. The summed E-state index contributed by atoms with van der Waals surface area (Å²) in [5.74, 6) is -1.00. The number of hydrogen-bond acceptors (Lipinski definition) is 3. The second-order valence-corrected chi connectivity index (χ2v) is 1.62. The van der Waals surface area contributed by atoms with E-state index in [1.807, 2.05) is 0 Å². The van der Waals surface area contributed by atoms with Crippen LogP contribution in [0.25, 0.3) is 0 Å². The Morgan fingerprint density at radius 3 is 1.44 bits per heavy atom. The molecular formula is C5H8O3Zn. The largest absolute Gasteiger partial charge is 0.378 e. The fraction of sp³-hybridized carbons (Fsp3) is 0.600. The molecule has 0 unspecified atom stereocenters. The Hall–Kier alpha value is -0.0766. The average molecular weight is 182 g/mol. The van der Waals surface area contributed by atoms with Crippen LogP contribution in [0.15, 0.2) is 0 Å². The van der Waals surface area contributed by atoms with Crippen molar-refractivity contribution < 1.29 is 34.2 Å². The maximum atomic E-state index is 10.1.